The van der Waals surface area contributed by atoms with Crippen molar-refractivity contribution in [1.29, 1.82) is 0 Å². The number of carbonyl (C=O) groups excluding carboxylic acids is 1. The number of nitrogens with one attached hydrogen (secondary N) is 1. The van der Waals surface area contributed by atoms with Crippen LogP contribution in [0.2, 0.25) is 5.02 Å². The van der Waals surface area contributed by atoms with Gasteiger partial charge in [0.25, 0.3) is 5.91 Å². The standard InChI is InChI=1S/C12H13ClN2O2/c13-8-1-2-11-10(5-8)12(16)15-4-3-14-6-9(15)7-17-11/h1-2,5,9,14H,3-4,6-7H2. The van der Waals surface area contributed by atoms with Crippen LogP contribution in [0.5, 0.6) is 5.75 Å². The summed E-state index contributed by atoms with van der Waals surface area (Å²) in [5, 5.41) is 3.83. The van der Waals surface area contributed by atoms with Gasteiger partial charge < -0.3 is 15.0 Å². The van der Waals surface area contributed by atoms with Crippen molar-refractivity contribution in [1.82, 2.24) is 10.2 Å². The number of piperazine rings is 1. The first-order valence-electron chi connectivity index (χ1n) is 5.70. The highest BCUT2D eigenvalue weighted by Gasteiger charge is 2.32. The van der Waals surface area contributed by atoms with Crippen molar-refractivity contribution < 1.29 is 9.53 Å². The highest BCUT2D eigenvalue weighted by atomic mass is 35.5. The largest absolute Gasteiger partial charge is 0.491 e. The van der Waals surface area contributed by atoms with Crippen molar-refractivity contribution in [2.45, 2.75) is 6.04 Å². The van der Waals surface area contributed by atoms with E-state index in [1.165, 1.54) is 0 Å². The van der Waals surface area contributed by atoms with Gasteiger partial charge in [-0.25, -0.2) is 0 Å². The number of hydrogen-bond donors (Lipinski definition) is 1. The van der Waals surface area contributed by atoms with Gasteiger partial charge >= 0.3 is 0 Å². The second-order valence-electron chi connectivity index (χ2n) is 4.31. The Kier molecular flexibility index (Phi) is 2.68. The first kappa shape index (κ1) is 10.9. The van der Waals surface area contributed by atoms with Gasteiger partial charge in [-0.05, 0) is 18.2 Å². The summed E-state index contributed by atoms with van der Waals surface area (Å²) >= 11 is 5.93. The molecule has 0 aliphatic carbocycles. The number of ether oxygens (including phenoxy) is 1. The summed E-state index contributed by atoms with van der Waals surface area (Å²) in [6, 6.07) is 5.31. The van der Waals surface area contributed by atoms with E-state index in [1.54, 1.807) is 18.2 Å². The number of nitrogens with zero attached hydrogens (tertiary/aromatic N) is 1. The van der Waals surface area contributed by atoms with Crippen LogP contribution in [-0.2, 0) is 0 Å². The minimum absolute atomic E-state index is 0.0199. The van der Waals surface area contributed by atoms with Crippen LogP contribution in [0.3, 0.4) is 0 Å². The van der Waals surface area contributed by atoms with Gasteiger partial charge in [-0.1, -0.05) is 11.6 Å². The Hall–Kier alpha value is -1.26. The van der Waals surface area contributed by atoms with E-state index in [4.69, 9.17) is 16.3 Å². The third-order valence-corrected chi connectivity index (χ3v) is 3.45. The Balaban J connectivity index is 2.01. The molecule has 1 aromatic carbocycles. The van der Waals surface area contributed by atoms with Gasteiger partial charge in [0.15, 0.2) is 0 Å². The van der Waals surface area contributed by atoms with Crippen molar-refractivity contribution in [3.8, 4) is 5.75 Å². The van der Waals surface area contributed by atoms with Crippen LogP contribution in [-0.4, -0.2) is 43.1 Å². The molecular formula is C12H13ClN2O2. The second-order valence-corrected chi connectivity index (χ2v) is 4.74. The van der Waals surface area contributed by atoms with Gasteiger partial charge in [0.05, 0.1) is 11.6 Å². The van der Waals surface area contributed by atoms with Gasteiger partial charge in [-0.3, -0.25) is 4.79 Å². The molecule has 2 aliphatic heterocycles. The molecule has 1 atom stereocenters. The Morgan fingerprint density at radius 1 is 1.47 bits per heavy atom. The van der Waals surface area contributed by atoms with E-state index < -0.39 is 0 Å². The molecule has 1 unspecified atom stereocenters. The molecule has 0 spiro atoms. The Morgan fingerprint density at radius 3 is 3.24 bits per heavy atom. The lowest BCUT2D eigenvalue weighted by Gasteiger charge is -2.33. The average molecular weight is 253 g/mol. The molecule has 2 aliphatic rings. The van der Waals surface area contributed by atoms with Gasteiger partial charge in [0.1, 0.15) is 12.4 Å². The number of halogens is 1. The maximum Gasteiger partial charge on any atom is 0.258 e. The zero-order valence-corrected chi connectivity index (χ0v) is 10.0. The van der Waals surface area contributed by atoms with Crippen LogP contribution >= 0.6 is 11.6 Å². The van der Waals surface area contributed by atoms with E-state index in [2.05, 4.69) is 5.32 Å². The Bertz CT molecular complexity index is 464. The topological polar surface area (TPSA) is 41.6 Å². The fourth-order valence-electron chi connectivity index (χ4n) is 2.31. The quantitative estimate of drug-likeness (QED) is 0.753. The van der Waals surface area contributed by atoms with Crippen LogP contribution < -0.4 is 10.1 Å². The number of hydrogen-bond acceptors (Lipinski definition) is 3. The average Bonchev–Trinajstić information content (AvgIpc) is 2.49. The van der Waals surface area contributed by atoms with Crippen LogP contribution in [0.1, 0.15) is 10.4 Å². The van der Waals surface area contributed by atoms with Crippen LogP contribution in [0, 0.1) is 0 Å². The maximum atomic E-state index is 12.4. The van der Waals surface area contributed by atoms with Gasteiger partial charge in [-0.2, -0.15) is 0 Å². The molecule has 0 aromatic heterocycles. The smallest absolute Gasteiger partial charge is 0.258 e. The number of benzene rings is 1. The normalized spacial score (nSPS) is 23.5. The molecule has 3 rings (SSSR count). The molecule has 1 amide bonds. The molecule has 2 heterocycles. The van der Waals surface area contributed by atoms with Crippen LogP contribution in [0.15, 0.2) is 18.2 Å². The van der Waals surface area contributed by atoms with Crippen LogP contribution in [0.4, 0.5) is 0 Å². The molecular weight excluding hydrogens is 240 g/mol. The summed E-state index contributed by atoms with van der Waals surface area (Å²) in [5.41, 5.74) is 0.571. The molecule has 0 bridgehead atoms. The number of amides is 1. The molecule has 1 saturated heterocycles. The SMILES string of the molecule is O=C1c2cc(Cl)ccc2OCC2CNCCN12. The highest BCUT2D eigenvalue weighted by molar-refractivity contribution is 6.31. The second kappa shape index (κ2) is 4.20. The van der Waals surface area contributed by atoms with Gasteiger partial charge in [-0.15, -0.1) is 0 Å². The monoisotopic (exact) mass is 252 g/mol. The molecule has 4 nitrogen and oxygen atoms in total. The third kappa shape index (κ3) is 1.87. The number of rotatable bonds is 0. The van der Waals surface area contributed by atoms with Gasteiger partial charge in [0, 0.05) is 24.7 Å². The Labute approximate surface area is 104 Å². The van der Waals surface area contributed by atoms with Crippen molar-refractivity contribution >= 4 is 17.5 Å². The number of fused-ring (bicyclic) bond motifs is 2. The predicted molar refractivity (Wildman–Crippen MR) is 64.6 cm³/mol. The summed E-state index contributed by atoms with van der Waals surface area (Å²) in [6.45, 7) is 2.87. The third-order valence-electron chi connectivity index (χ3n) is 3.21. The lowest BCUT2D eigenvalue weighted by Crippen LogP contribution is -2.54. The van der Waals surface area contributed by atoms with E-state index in [9.17, 15) is 4.79 Å². The first-order valence-corrected chi connectivity index (χ1v) is 6.07. The molecule has 90 valence electrons. The minimum atomic E-state index is 0.0199. The summed E-state index contributed by atoms with van der Waals surface area (Å²) in [4.78, 5) is 14.3. The lowest BCUT2D eigenvalue weighted by atomic mass is 10.1. The highest BCUT2D eigenvalue weighted by Crippen LogP contribution is 2.28. The predicted octanol–water partition coefficient (Wildman–Crippen LogP) is 1.15. The van der Waals surface area contributed by atoms with Crippen molar-refractivity contribution in [2.24, 2.45) is 0 Å². The summed E-state index contributed by atoms with van der Waals surface area (Å²) in [5.74, 6) is 0.653. The van der Waals surface area contributed by atoms with Crippen molar-refractivity contribution in [3.63, 3.8) is 0 Å². The van der Waals surface area contributed by atoms with Crippen molar-refractivity contribution in [3.05, 3.63) is 28.8 Å². The first-order chi connectivity index (χ1) is 8.25. The maximum absolute atomic E-state index is 12.4. The fraction of sp³-hybridized carbons (Fsp3) is 0.417. The molecule has 1 fully saturated rings. The Morgan fingerprint density at radius 2 is 2.35 bits per heavy atom. The lowest BCUT2D eigenvalue weighted by molar-refractivity contribution is 0.0606. The van der Waals surface area contributed by atoms with E-state index in [0.717, 1.165) is 19.6 Å². The summed E-state index contributed by atoms with van der Waals surface area (Å²) in [7, 11) is 0. The molecule has 1 aromatic rings. The van der Waals surface area contributed by atoms with Gasteiger partial charge in [0.2, 0.25) is 0 Å². The van der Waals surface area contributed by atoms with E-state index in [-0.39, 0.29) is 11.9 Å². The zero-order valence-electron chi connectivity index (χ0n) is 9.28. The fourth-order valence-corrected chi connectivity index (χ4v) is 2.49. The van der Waals surface area contributed by atoms with E-state index in [0.29, 0.717) is 22.9 Å². The minimum Gasteiger partial charge on any atom is -0.491 e. The van der Waals surface area contributed by atoms with Crippen molar-refractivity contribution in [2.75, 3.05) is 26.2 Å². The number of carbonyl (C=O) groups is 1. The zero-order chi connectivity index (χ0) is 11.8. The molecule has 0 saturated carbocycles. The van der Waals surface area contributed by atoms with Crippen LogP contribution in [0.25, 0.3) is 0 Å². The molecule has 5 heteroatoms. The molecule has 0 radical (unpaired) electrons. The molecule has 17 heavy (non-hydrogen) atoms. The van der Waals surface area contributed by atoms with E-state index in [1.807, 2.05) is 4.90 Å². The summed E-state index contributed by atoms with van der Waals surface area (Å²) in [6.07, 6.45) is 0. The van der Waals surface area contributed by atoms with E-state index >= 15 is 0 Å². The summed E-state index contributed by atoms with van der Waals surface area (Å²) < 4.78 is 5.68. The molecule has 1 N–H and O–H groups in total.